The fourth-order valence-electron chi connectivity index (χ4n) is 2.57. The molecule has 84 valence electrons. The Morgan fingerprint density at radius 3 is 2.36 bits per heavy atom. The number of hydrogen-bond donors (Lipinski definition) is 2. The Bertz CT molecular complexity index is 158. The molecule has 1 aliphatic rings. The molecule has 0 bridgehead atoms. The summed E-state index contributed by atoms with van der Waals surface area (Å²) in [7, 11) is 4.11. The van der Waals surface area contributed by atoms with E-state index in [0.717, 1.165) is 24.3 Å². The zero-order valence-electron chi connectivity index (χ0n) is 10.1. The van der Waals surface area contributed by atoms with Crippen molar-refractivity contribution in [2.75, 3.05) is 20.6 Å². The van der Waals surface area contributed by atoms with Gasteiger partial charge in [-0.3, -0.25) is 0 Å². The van der Waals surface area contributed by atoms with Gasteiger partial charge in [0, 0.05) is 12.6 Å². The fraction of sp³-hybridized carbons (Fsp3) is 1.00. The van der Waals surface area contributed by atoms with Crippen LogP contribution in [0.15, 0.2) is 0 Å². The van der Waals surface area contributed by atoms with Crippen molar-refractivity contribution < 1.29 is 0 Å². The van der Waals surface area contributed by atoms with Gasteiger partial charge in [0.2, 0.25) is 0 Å². The smallest absolute Gasteiger partial charge is 0.0192 e. The van der Waals surface area contributed by atoms with E-state index in [0.29, 0.717) is 6.04 Å². The highest BCUT2D eigenvalue weighted by Crippen LogP contribution is 2.46. The van der Waals surface area contributed by atoms with Gasteiger partial charge in [0.1, 0.15) is 0 Å². The van der Waals surface area contributed by atoms with E-state index in [1.54, 1.807) is 0 Å². The second-order valence-corrected chi connectivity index (χ2v) is 4.82. The molecule has 4 atom stereocenters. The predicted octanol–water partition coefficient (Wildman–Crippen LogP) is 1.87. The summed E-state index contributed by atoms with van der Waals surface area (Å²) in [6.07, 6.45) is 4.15. The third-order valence-electron chi connectivity index (χ3n) is 3.75. The Kier molecular flexibility index (Phi) is 4.90. The molecule has 1 aliphatic carbocycles. The zero-order chi connectivity index (χ0) is 10.6. The topological polar surface area (TPSA) is 24.1 Å². The first-order valence-electron chi connectivity index (χ1n) is 6.04. The Balaban J connectivity index is 2.30. The second-order valence-electron chi connectivity index (χ2n) is 4.82. The van der Waals surface area contributed by atoms with E-state index in [4.69, 9.17) is 0 Å². The standard InChI is InChI=1S/C12H26N2/c1-5-10(12-6-9(12)2)7-11(14-4)8-13-3/h9-14H,5-8H2,1-4H3. The van der Waals surface area contributed by atoms with Gasteiger partial charge in [0.15, 0.2) is 0 Å². The van der Waals surface area contributed by atoms with Crippen LogP contribution in [0.2, 0.25) is 0 Å². The molecular formula is C12H26N2. The molecule has 0 radical (unpaired) electrons. The molecular weight excluding hydrogens is 172 g/mol. The van der Waals surface area contributed by atoms with Gasteiger partial charge >= 0.3 is 0 Å². The van der Waals surface area contributed by atoms with E-state index in [2.05, 4.69) is 31.5 Å². The maximum atomic E-state index is 3.40. The van der Waals surface area contributed by atoms with Crippen LogP contribution in [-0.2, 0) is 0 Å². The summed E-state index contributed by atoms with van der Waals surface area (Å²) in [4.78, 5) is 0. The summed E-state index contributed by atoms with van der Waals surface area (Å²) in [5.41, 5.74) is 0. The highest BCUT2D eigenvalue weighted by molar-refractivity contribution is 4.89. The van der Waals surface area contributed by atoms with Crippen LogP contribution in [0.25, 0.3) is 0 Å². The quantitative estimate of drug-likeness (QED) is 0.652. The maximum Gasteiger partial charge on any atom is 0.0192 e. The molecule has 1 rings (SSSR count). The summed E-state index contributed by atoms with van der Waals surface area (Å²) in [6, 6.07) is 0.651. The molecule has 0 saturated heterocycles. The third kappa shape index (κ3) is 3.25. The van der Waals surface area contributed by atoms with Crippen LogP contribution in [0.1, 0.15) is 33.1 Å². The van der Waals surface area contributed by atoms with Crippen LogP contribution in [-0.4, -0.2) is 26.7 Å². The van der Waals surface area contributed by atoms with Crippen molar-refractivity contribution in [1.29, 1.82) is 0 Å². The van der Waals surface area contributed by atoms with Crippen LogP contribution >= 0.6 is 0 Å². The minimum atomic E-state index is 0.651. The SMILES string of the molecule is CCC(CC(CNC)NC)C1CC1C. The summed E-state index contributed by atoms with van der Waals surface area (Å²) >= 11 is 0. The number of nitrogens with one attached hydrogen (secondary N) is 2. The van der Waals surface area contributed by atoms with Crippen molar-refractivity contribution in [3.05, 3.63) is 0 Å². The number of hydrogen-bond acceptors (Lipinski definition) is 2. The van der Waals surface area contributed by atoms with Gasteiger partial charge in [0.25, 0.3) is 0 Å². The average molecular weight is 198 g/mol. The van der Waals surface area contributed by atoms with E-state index in [-0.39, 0.29) is 0 Å². The van der Waals surface area contributed by atoms with Crippen LogP contribution < -0.4 is 10.6 Å². The van der Waals surface area contributed by atoms with E-state index in [1.807, 2.05) is 7.05 Å². The van der Waals surface area contributed by atoms with Gasteiger partial charge in [-0.15, -0.1) is 0 Å². The monoisotopic (exact) mass is 198 g/mol. The van der Waals surface area contributed by atoms with Gasteiger partial charge in [-0.2, -0.15) is 0 Å². The van der Waals surface area contributed by atoms with E-state index in [1.165, 1.54) is 19.3 Å². The van der Waals surface area contributed by atoms with Gasteiger partial charge < -0.3 is 10.6 Å². The summed E-state index contributed by atoms with van der Waals surface area (Å²) in [5, 5.41) is 6.66. The molecule has 0 aromatic heterocycles. The Morgan fingerprint density at radius 2 is 2.00 bits per heavy atom. The lowest BCUT2D eigenvalue weighted by molar-refractivity contribution is 0.337. The zero-order valence-corrected chi connectivity index (χ0v) is 10.1. The average Bonchev–Trinajstić information content (AvgIpc) is 2.90. The summed E-state index contributed by atoms with van der Waals surface area (Å²) in [6.45, 7) is 5.82. The normalized spacial score (nSPS) is 30.0. The minimum absolute atomic E-state index is 0.651. The number of likely N-dealkylation sites (N-methyl/N-ethyl adjacent to an activating group) is 2. The molecule has 4 unspecified atom stereocenters. The molecule has 2 nitrogen and oxygen atoms in total. The second kappa shape index (κ2) is 5.72. The minimum Gasteiger partial charge on any atom is -0.318 e. The summed E-state index contributed by atoms with van der Waals surface area (Å²) in [5.74, 6) is 2.95. The molecule has 1 fully saturated rings. The lowest BCUT2D eigenvalue weighted by Crippen LogP contribution is -2.37. The molecule has 0 aromatic carbocycles. The first-order chi connectivity index (χ1) is 6.72. The Morgan fingerprint density at radius 1 is 1.36 bits per heavy atom. The van der Waals surface area contributed by atoms with Crippen molar-refractivity contribution in [2.45, 2.75) is 39.2 Å². The molecule has 0 aliphatic heterocycles. The van der Waals surface area contributed by atoms with Crippen LogP contribution in [0.3, 0.4) is 0 Å². The highest BCUT2D eigenvalue weighted by atomic mass is 14.9. The van der Waals surface area contributed by atoms with Gasteiger partial charge in [-0.25, -0.2) is 0 Å². The third-order valence-corrected chi connectivity index (χ3v) is 3.75. The van der Waals surface area contributed by atoms with Gasteiger partial charge in [0.05, 0.1) is 0 Å². The predicted molar refractivity (Wildman–Crippen MR) is 62.4 cm³/mol. The van der Waals surface area contributed by atoms with E-state index < -0.39 is 0 Å². The Labute approximate surface area is 88.8 Å². The molecule has 1 saturated carbocycles. The first-order valence-corrected chi connectivity index (χ1v) is 6.04. The van der Waals surface area contributed by atoms with Crippen molar-refractivity contribution in [2.24, 2.45) is 17.8 Å². The van der Waals surface area contributed by atoms with Gasteiger partial charge in [-0.1, -0.05) is 20.3 Å². The molecule has 2 heteroatoms. The van der Waals surface area contributed by atoms with Crippen LogP contribution in [0.5, 0.6) is 0 Å². The molecule has 0 amide bonds. The lowest BCUT2D eigenvalue weighted by Gasteiger charge is -2.22. The Hall–Kier alpha value is -0.0800. The number of rotatable bonds is 7. The van der Waals surface area contributed by atoms with Crippen molar-refractivity contribution in [1.82, 2.24) is 10.6 Å². The molecule has 14 heavy (non-hydrogen) atoms. The molecule has 2 N–H and O–H groups in total. The molecule has 0 heterocycles. The largest absolute Gasteiger partial charge is 0.318 e. The van der Waals surface area contributed by atoms with E-state index >= 15 is 0 Å². The van der Waals surface area contributed by atoms with E-state index in [9.17, 15) is 0 Å². The molecule has 0 aromatic rings. The van der Waals surface area contributed by atoms with Gasteiger partial charge in [-0.05, 0) is 44.7 Å². The molecule has 0 spiro atoms. The highest BCUT2D eigenvalue weighted by Gasteiger charge is 2.38. The van der Waals surface area contributed by atoms with Crippen LogP contribution in [0, 0.1) is 17.8 Å². The van der Waals surface area contributed by atoms with Crippen molar-refractivity contribution in [3.63, 3.8) is 0 Å². The lowest BCUT2D eigenvalue weighted by atomic mass is 9.91. The van der Waals surface area contributed by atoms with Crippen molar-refractivity contribution >= 4 is 0 Å². The summed E-state index contributed by atoms with van der Waals surface area (Å²) < 4.78 is 0. The van der Waals surface area contributed by atoms with Crippen molar-refractivity contribution in [3.8, 4) is 0 Å². The first kappa shape index (κ1) is 12.0. The van der Waals surface area contributed by atoms with Crippen LogP contribution in [0.4, 0.5) is 0 Å². The fourth-order valence-corrected chi connectivity index (χ4v) is 2.57. The maximum absolute atomic E-state index is 3.40.